The maximum Gasteiger partial charge on any atom is 0.224 e. The number of nitrogen functional groups attached to an aromatic ring is 1. The highest BCUT2D eigenvalue weighted by Gasteiger charge is 1.99. The van der Waals surface area contributed by atoms with Crippen LogP contribution < -0.4 is 10.5 Å². The molecule has 0 atom stereocenters. The van der Waals surface area contributed by atoms with E-state index in [-0.39, 0.29) is 11.8 Å². The van der Waals surface area contributed by atoms with Gasteiger partial charge in [-0.3, -0.25) is 0 Å². The first kappa shape index (κ1) is 9.39. The predicted molar refractivity (Wildman–Crippen MR) is 52.9 cm³/mol. The van der Waals surface area contributed by atoms with Crippen molar-refractivity contribution in [2.24, 2.45) is 0 Å². The lowest BCUT2D eigenvalue weighted by molar-refractivity contribution is 0.461. The summed E-state index contributed by atoms with van der Waals surface area (Å²) in [6.45, 7) is 0. The summed E-state index contributed by atoms with van der Waals surface area (Å²) in [5.74, 6) is 0.641. The fourth-order valence-corrected chi connectivity index (χ4v) is 1.04. The highest BCUT2D eigenvalue weighted by Crippen LogP contribution is 2.19. The Bertz CT molecular complexity index is 458. The van der Waals surface area contributed by atoms with E-state index in [0.717, 1.165) is 0 Å². The summed E-state index contributed by atoms with van der Waals surface area (Å²) in [7, 11) is 0. The van der Waals surface area contributed by atoms with E-state index in [1.807, 2.05) is 0 Å². The van der Waals surface area contributed by atoms with Crippen LogP contribution in [0.5, 0.6) is 11.6 Å². The van der Waals surface area contributed by atoms with E-state index in [1.165, 1.54) is 30.5 Å². The van der Waals surface area contributed by atoms with Crippen LogP contribution in [0.3, 0.4) is 0 Å². The molecular formula is C10H8FN3O. The number of rotatable bonds is 2. The molecule has 0 fully saturated rings. The van der Waals surface area contributed by atoms with Crippen molar-refractivity contribution in [2.75, 3.05) is 5.73 Å². The lowest BCUT2D eigenvalue weighted by atomic mass is 10.3. The highest BCUT2D eigenvalue weighted by molar-refractivity contribution is 5.28. The monoisotopic (exact) mass is 205 g/mol. The lowest BCUT2D eigenvalue weighted by Gasteiger charge is -2.03. The van der Waals surface area contributed by atoms with E-state index in [1.54, 1.807) is 6.07 Å². The molecule has 76 valence electrons. The Hall–Kier alpha value is -2.17. The van der Waals surface area contributed by atoms with E-state index >= 15 is 0 Å². The number of anilines is 1. The zero-order valence-corrected chi connectivity index (χ0v) is 7.72. The van der Waals surface area contributed by atoms with Crippen molar-refractivity contribution in [1.29, 1.82) is 0 Å². The number of ether oxygens (including phenoxy) is 1. The van der Waals surface area contributed by atoms with Crippen LogP contribution in [0.15, 0.2) is 36.5 Å². The molecule has 1 aromatic carbocycles. The molecule has 2 N–H and O–H groups in total. The van der Waals surface area contributed by atoms with E-state index in [2.05, 4.69) is 9.97 Å². The van der Waals surface area contributed by atoms with E-state index in [4.69, 9.17) is 10.5 Å². The minimum atomic E-state index is -0.315. The van der Waals surface area contributed by atoms with Gasteiger partial charge in [0.25, 0.3) is 0 Å². The minimum absolute atomic E-state index is 0.134. The SMILES string of the molecule is Nc1nccc(Oc2ccc(F)cc2)n1. The molecule has 0 unspecified atom stereocenters. The van der Waals surface area contributed by atoms with E-state index < -0.39 is 0 Å². The zero-order valence-electron chi connectivity index (χ0n) is 7.72. The Morgan fingerprint density at radius 3 is 2.53 bits per heavy atom. The van der Waals surface area contributed by atoms with Crippen molar-refractivity contribution < 1.29 is 9.13 Å². The number of benzene rings is 1. The average molecular weight is 205 g/mol. The molecule has 0 aliphatic carbocycles. The first-order valence-electron chi connectivity index (χ1n) is 4.26. The van der Waals surface area contributed by atoms with Gasteiger partial charge in [0.15, 0.2) is 0 Å². The van der Waals surface area contributed by atoms with Crippen LogP contribution in [0.1, 0.15) is 0 Å². The Labute approximate surface area is 85.5 Å². The third-order valence-electron chi connectivity index (χ3n) is 1.68. The van der Waals surface area contributed by atoms with Crippen molar-refractivity contribution in [1.82, 2.24) is 9.97 Å². The summed E-state index contributed by atoms with van der Waals surface area (Å²) in [5.41, 5.74) is 5.37. The average Bonchev–Trinajstić information content (AvgIpc) is 2.22. The Morgan fingerprint density at radius 2 is 1.87 bits per heavy atom. The van der Waals surface area contributed by atoms with Crippen molar-refractivity contribution in [3.05, 3.63) is 42.3 Å². The predicted octanol–water partition coefficient (Wildman–Crippen LogP) is 1.99. The molecule has 0 spiro atoms. The number of halogens is 1. The quantitative estimate of drug-likeness (QED) is 0.814. The van der Waals surface area contributed by atoms with Crippen LogP contribution in [-0.4, -0.2) is 9.97 Å². The van der Waals surface area contributed by atoms with Gasteiger partial charge in [-0.05, 0) is 24.3 Å². The fraction of sp³-hybridized carbons (Fsp3) is 0. The molecule has 0 amide bonds. The summed E-state index contributed by atoms with van der Waals surface area (Å²) in [5, 5.41) is 0. The molecule has 2 aromatic rings. The van der Waals surface area contributed by atoms with Crippen LogP contribution in [0, 0.1) is 5.82 Å². The van der Waals surface area contributed by atoms with Crippen LogP contribution >= 0.6 is 0 Å². The molecular weight excluding hydrogens is 197 g/mol. The number of aromatic nitrogens is 2. The van der Waals surface area contributed by atoms with E-state index in [0.29, 0.717) is 11.6 Å². The molecule has 0 saturated carbocycles. The second-order valence-corrected chi connectivity index (χ2v) is 2.81. The summed E-state index contributed by atoms with van der Waals surface area (Å²) in [4.78, 5) is 7.56. The summed E-state index contributed by atoms with van der Waals surface area (Å²) in [6, 6.07) is 7.20. The van der Waals surface area contributed by atoms with Crippen molar-refractivity contribution in [3.8, 4) is 11.6 Å². The molecule has 0 bridgehead atoms. The fourth-order valence-electron chi connectivity index (χ4n) is 1.04. The van der Waals surface area contributed by atoms with Gasteiger partial charge in [-0.15, -0.1) is 0 Å². The Balaban J connectivity index is 2.18. The molecule has 4 nitrogen and oxygen atoms in total. The molecule has 5 heteroatoms. The van der Waals surface area contributed by atoms with Crippen molar-refractivity contribution in [2.45, 2.75) is 0 Å². The van der Waals surface area contributed by atoms with E-state index in [9.17, 15) is 4.39 Å². The highest BCUT2D eigenvalue weighted by atomic mass is 19.1. The first-order valence-corrected chi connectivity index (χ1v) is 4.26. The molecule has 0 aliphatic heterocycles. The maximum atomic E-state index is 12.6. The molecule has 0 saturated heterocycles. The standard InChI is InChI=1S/C10H8FN3O/c11-7-1-3-8(4-2-7)15-9-5-6-13-10(12)14-9/h1-6H,(H2,12,13,14). The number of nitrogens with two attached hydrogens (primary N) is 1. The topological polar surface area (TPSA) is 61.0 Å². The Morgan fingerprint density at radius 1 is 1.13 bits per heavy atom. The van der Waals surface area contributed by atoms with Crippen LogP contribution in [0.4, 0.5) is 10.3 Å². The van der Waals surface area contributed by atoms with Gasteiger partial charge in [-0.1, -0.05) is 0 Å². The Kier molecular flexibility index (Phi) is 2.45. The minimum Gasteiger partial charge on any atom is -0.439 e. The van der Waals surface area contributed by atoms with Crippen LogP contribution in [0.25, 0.3) is 0 Å². The molecule has 15 heavy (non-hydrogen) atoms. The number of hydrogen-bond acceptors (Lipinski definition) is 4. The number of hydrogen-bond donors (Lipinski definition) is 1. The molecule has 0 aliphatic rings. The second-order valence-electron chi connectivity index (χ2n) is 2.81. The van der Waals surface area contributed by atoms with Gasteiger partial charge in [0, 0.05) is 12.3 Å². The zero-order chi connectivity index (χ0) is 10.7. The first-order chi connectivity index (χ1) is 7.24. The molecule has 2 rings (SSSR count). The second kappa shape index (κ2) is 3.91. The van der Waals surface area contributed by atoms with Gasteiger partial charge in [-0.25, -0.2) is 9.37 Å². The molecule has 1 heterocycles. The number of nitrogens with zero attached hydrogens (tertiary/aromatic N) is 2. The van der Waals surface area contributed by atoms with Gasteiger partial charge in [0.05, 0.1) is 0 Å². The van der Waals surface area contributed by atoms with Crippen molar-refractivity contribution >= 4 is 5.95 Å². The van der Waals surface area contributed by atoms with Crippen molar-refractivity contribution in [3.63, 3.8) is 0 Å². The molecule has 0 radical (unpaired) electrons. The maximum absolute atomic E-state index is 12.6. The largest absolute Gasteiger partial charge is 0.439 e. The van der Waals surface area contributed by atoms with Gasteiger partial charge >= 0.3 is 0 Å². The normalized spacial score (nSPS) is 9.93. The van der Waals surface area contributed by atoms with Gasteiger partial charge in [0.1, 0.15) is 11.6 Å². The summed E-state index contributed by atoms with van der Waals surface area (Å²) >= 11 is 0. The summed E-state index contributed by atoms with van der Waals surface area (Å²) in [6.07, 6.45) is 1.49. The third-order valence-corrected chi connectivity index (χ3v) is 1.68. The van der Waals surface area contributed by atoms with Gasteiger partial charge < -0.3 is 10.5 Å². The smallest absolute Gasteiger partial charge is 0.224 e. The summed E-state index contributed by atoms with van der Waals surface area (Å²) < 4.78 is 17.9. The van der Waals surface area contributed by atoms with Gasteiger partial charge in [-0.2, -0.15) is 4.98 Å². The third kappa shape index (κ3) is 2.40. The van der Waals surface area contributed by atoms with Crippen LogP contribution in [-0.2, 0) is 0 Å². The lowest BCUT2D eigenvalue weighted by Crippen LogP contribution is -1.95. The van der Waals surface area contributed by atoms with Gasteiger partial charge in [0.2, 0.25) is 11.8 Å². The molecule has 1 aromatic heterocycles. The van der Waals surface area contributed by atoms with Crippen LogP contribution in [0.2, 0.25) is 0 Å².